The number of rotatable bonds is 8. The van der Waals surface area contributed by atoms with Crippen LogP contribution in [0.25, 0.3) is 0 Å². The van der Waals surface area contributed by atoms with Gasteiger partial charge in [-0.3, -0.25) is 9.78 Å². The van der Waals surface area contributed by atoms with Crippen molar-refractivity contribution in [2.75, 3.05) is 27.2 Å². The molecule has 0 aromatic carbocycles. The number of aliphatic carboxylic acids is 1. The van der Waals surface area contributed by atoms with Gasteiger partial charge in [0.25, 0.3) is 10.2 Å². The molecule has 0 atom stereocenters. The minimum absolute atomic E-state index is 0.0500. The summed E-state index contributed by atoms with van der Waals surface area (Å²) in [5, 5.41) is 8.58. The number of pyridine rings is 1. The third-order valence-corrected chi connectivity index (χ3v) is 4.78. The van der Waals surface area contributed by atoms with E-state index in [-0.39, 0.29) is 19.5 Å². The molecule has 0 saturated carbocycles. The highest BCUT2D eigenvalue weighted by Crippen LogP contribution is 2.06. The van der Waals surface area contributed by atoms with E-state index in [0.717, 1.165) is 10.00 Å². The SMILES string of the molecule is CN(CCC(=O)O)S(=O)(=O)N(C)CCc1ccccn1. The maximum Gasteiger partial charge on any atom is 0.304 e. The van der Waals surface area contributed by atoms with Crippen LogP contribution in [0.4, 0.5) is 0 Å². The van der Waals surface area contributed by atoms with Crippen molar-refractivity contribution >= 4 is 16.2 Å². The summed E-state index contributed by atoms with van der Waals surface area (Å²) in [6, 6.07) is 5.47. The second-order valence-corrected chi connectivity index (χ2v) is 6.51. The molecule has 1 N–H and O–H groups in total. The molecule has 20 heavy (non-hydrogen) atoms. The second-order valence-electron chi connectivity index (χ2n) is 4.37. The Balaban J connectivity index is 2.56. The molecule has 8 heteroatoms. The zero-order valence-corrected chi connectivity index (χ0v) is 12.4. The van der Waals surface area contributed by atoms with E-state index in [0.29, 0.717) is 6.42 Å². The molecule has 0 spiro atoms. The Bertz CT molecular complexity index is 533. The van der Waals surface area contributed by atoms with E-state index in [9.17, 15) is 13.2 Å². The summed E-state index contributed by atoms with van der Waals surface area (Å²) in [5.41, 5.74) is 0.808. The normalized spacial score (nSPS) is 12.0. The summed E-state index contributed by atoms with van der Waals surface area (Å²) in [5.74, 6) is -1.02. The van der Waals surface area contributed by atoms with Crippen molar-refractivity contribution < 1.29 is 18.3 Å². The molecule has 1 aromatic heterocycles. The van der Waals surface area contributed by atoms with Gasteiger partial charge in [0, 0.05) is 45.5 Å². The Labute approximate surface area is 119 Å². The maximum atomic E-state index is 12.1. The second kappa shape index (κ2) is 7.32. The summed E-state index contributed by atoms with van der Waals surface area (Å²) in [4.78, 5) is 14.6. The van der Waals surface area contributed by atoms with E-state index >= 15 is 0 Å². The third kappa shape index (κ3) is 4.87. The van der Waals surface area contributed by atoms with Gasteiger partial charge in [-0.1, -0.05) is 6.07 Å². The summed E-state index contributed by atoms with van der Waals surface area (Å²) >= 11 is 0. The molecule has 1 rings (SSSR count). The number of aromatic nitrogens is 1. The Kier molecular flexibility index (Phi) is 6.05. The van der Waals surface area contributed by atoms with Crippen molar-refractivity contribution in [2.45, 2.75) is 12.8 Å². The highest BCUT2D eigenvalue weighted by molar-refractivity contribution is 7.86. The first-order valence-electron chi connectivity index (χ1n) is 6.13. The lowest BCUT2D eigenvalue weighted by atomic mass is 10.3. The quantitative estimate of drug-likeness (QED) is 0.741. The summed E-state index contributed by atoms with van der Waals surface area (Å²) in [6.07, 6.45) is 1.94. The fraction of sp³-hybridized carbons (Fsp3) is 0.500. The number of hydrogen-bond acceptors (Lipinski definition) is 4. The number of carboxylic acids is 1. The topological polar surface area (TPSA) is 90.8 Å². The van der Waals surface area contributed by atoms with Crippen LogP contribution in [0.15, 0.2) is 24.4 Å². The smallest absolute Gasteiger partial charge is 0.304 e. The predicted molar refractivity (Wildman–Crippen MR) is 74.4 cm³/mol. The molecule has 0 radical (unpaired) electrons. The summed E-state index contributed by atoms with van der Waals surface area (Å²) in [7, 11) is -0.791. The monoisotopic (exact) mass is 301 g/mol. The lowest BCUT2D eigenvalue weighted by molar-refractivity contribution is -0.137. The van der Waals surface area contributed by atoms with E-state index in [4.69, 9.17) is 5.11 Å². The molecule has 0 saturated heterocycles. The highest BCUT2D eigenvalue weighted by atomic mass is 32.2. The van der Waals surface area contributed by atoms with Crippen LogP contribution in [0.1, 0.15) is 12.1 Å². The van der Waals surface area contributed by atoms with Crippen LogP contribution in [0.5, 0.6) is 0 Å². The molecule has 0 amide bonds. The van der Waals surface area contributed by atoms with Gasteiger partial charge >= 0.3 is 5.97 Å². The van der Waals surface area contributed by atoms with Crippen LogP contribution in [0, 0.1) is 0 Å². The largest absolute Gasteiger partial charge is 0.481 e. The van der Waals surface area contributed by atoms with Crippen molar-refractivity contribution in [3.63, 3.8) is 0 Å². The first-order chi connectivity index (χ1) is 9.34. The lowest BCUT2D eigenvalue weighted by Crippen LogP contribution is -2.41. The Hall–Kier alpha value is -1.51. The molecule has 0 aliphatic heterocycles. The van der Waals surface area contributed by atoms with Gasteiger partial charge in [0.05, 0.1) is 6.42 Å². The molecule has 1 aromatic rings. The van der Waals surface area contributed by atoms with E-state index in [1.54, 1.807) is 12.3 Å². The van der Waals surface area contributed by atoms with Crippen LogP contribution in [0.3, 0.4) is 0 Å². The average Bonchev–Trinajstić information content (AvgIpc) is 2.42. The van der Waals surface area contributed by atoms with Crippen LogP contribution in [-0.2, 0) is 21.4 Å². The van der Waals surface area contributed by atoms with Gasteiger partial charge < -0.3 is 5.11 Å². The molecule has 0 aliphatic carbocycles. The number of nitrogens with zero attached hydrogens (tertiary/aromatic N) is 3. The predicted octanol–water partition coefficient (Wildman–Crippen LogP) is 0.207. The van der Waals surface area contributed by atoms with Gasteiger partial charge in [-0.2, -0.15) is 17.0 Å². The molecule has 7 nitrogen and oxygen atoms in total. The Morgan fingerprint density at radius 2 is 1.90 bits per heavy atom. The van der Waals surface area contributed by atoms with E-state index < -0.39 is 16.2 Å². The number of carbonyl (C=O) groups is 1. The minimum Gasteiger partial charge on any atom is -0.481 e. The van der Waals surface area contributed by atoms with Gasteiger partial charge in [-0.25, -0.2) is 0 Å². The van der Waals surface area contributed by atoms with Crippen LogP contribution in [0.2, 0.25) is 0 Å². The number of likely N-dealkylation sites (N-methyl/N-ethyl adjacent to an activating group) is 1. The molecular formula is C12H19N3O4S. The van der Waals surface area contributed by atoms with Gasteiger partial charge in [0.2, 0.25) is 0 Å². The van der Waals surface area contributed by atoms with Gasteiger partial charge in [0.1, 0.15) is 0 Å². The zero-order valence-electron chi connectivity index (χ0n) is 11.6. The number of hydrogen-bond donors (Lipinski definition) is 1. The van der Waals surface area contributed by atoms with Crippen molar-refractivity contribution in [2.24, 2.45) is 0 Å². The highest BCUT2D eigenvalue weighted by Gasteiger charge is 2.23. The Morgan fingerprint density at radius 1 is 1.25 bits per heavy atom. The average molecular weight is 301 g/mol. The fourth-order valence-corrected chi connectivity index (χ4v) is 2.66. The lowest BCUT2D eigenvalue weighted by Gasteiger charge is -2.23. The molecular weight excluding hydrogens is 282 g/mol. The maximum absolute atomic E-state index is 12.1. The van der Waals surface area contributed by atoms with Crippen molar-refractivity contribution in [1.82, 2.24) is 13.6 Å². The molecule has 0 aliphatic rings. The summed E-state index contributed by atoms with van der Waals surface area (Å²) in [6.45, 7) is 0.238. The van der Waals surface area contributed by atoms with Crippen molar-refractivity contribution in [3.05, 3.63) is 30.1 Å². The fourth-order valence-electron chi connectivity index (χ4n) is 1.54. The molecule has 0 bridgehead atoms. The minimum atomic E-state index is -3.63. The van der Waals surface area contributed by atoms with Crippen molar-refractivity contribution in [1.29, 1.82) is 0 Å². The van der Waals surface area contributed by atoms with Crippen LogP contribution in [-0.4, -0.2) is 60.3 Å². The van der Waals surface area contributed by atoms with E-state index in [1.807, 2.05) is 12.1 Å². The molecule has 1 heterocycles. The Morgan fingerprint density at radius 3 is 2.45 bits per heavy atom. The standard InChI is InChI=1S/C12H19N3O4S/c1-14(9-6-11-5-3-4-8-13-11)20(18,19)15(2)10-7-12(16)17/h3-5,8H,6-7,9-10H2,1-2H3,(H,16,17). The van der Waals surface area contributed by atoms with Gasteiger partial charge in [-0.05, 0) is 12.1 Å². The first-order valence-corrected chi connectivity index (χ1v) is 7.53. The van der Waals surface area contributed by atoms with E-state index in [2.05, 4.69) is 4.98 Å². The molecule has 0 unspecified atom stereocenters. The first kappa shape index (κ1) is 16.5. The molecule has 112 valence electrons. The number of carboxylic acid groups (broad SMARTS) is 1. The van der Waals surface area contributed by atoms with Crippen molar-refractivity contribution in [3.8, 4) is 0 Å². The van der Waals surface area contributed by atoms with Gasteiger partial charge in [0.15, 0.2) is 0 Å². The van der Waals surface area contributed by atoms with Gasteiger partial charge in [-0.15, -0.1) is 0 Å². The van der Waals surface area contributed by atoms with E-state index in [1.165, 1.54) is 18.4 Å². The summed E-state index contributed by atoms with van der Waals surface area (Å²) < 4.78 is 26.4. The van der Waals surface area contributed by atoms with Crippen LogP contribution >= 0.6 is 0 Å². The van der Waals surface area contributed by atoms with Crippen LogP contribution < -0.4 is 0 Å². The molecule has 0 fully saturated rings. The zero-order chi connectivity index (χ0) is 15.2. The third-order valence-electron chi connectivity index (χ3n) is 2.84.